The Morgan fingerprint density at radius 2 is 2.05 bits per heavy atom. The fraction of sp³-hybridized carbons (Fsp3) is 0.0769. The maximum atomic E-state index is 12.0. The highest BCUT2D eigenvalue weighted by atomic mass is 32.2. The van der Waals surface area contributed by atoms with Crippen LogP contribution in [-0.4, -0.2) is 31.1 Å². The monoisotopic (exact) mass is 306 g/mol. The minimum atomic E-state index is -3.67. The van der Waals surface area contributed by atoms with E-state index in [-0.39, 0.29) is 10.8 Å². The third-order valence-corrected chi connectivity index (χ3v) is 3.94. The summed E-state index contributed by atoms with van der Waals surface area (Å²) in [6.07, 6.45) is 4.06. The predicted molar refractivity (Wildman–Crippen MR) is 78.4 cm³/mol. The van der Waals surface area contributed by atoms with Crippen molar-refractivity contribution in [2.75, 3.05) is 11.3 Å². The van der Waals surface area contributed by atoms with Crippen LogP contribution in [0.3, 0.4) is 0 Å². The van der Waals surface area contributed by atoms with Crippen molar-refractivity contribution in [2.45, 2.75) is 4.90 Å². The Labute approximate surface area is 122 Å². The lowest BCUT2D eigenvalue weighted by molar-refractivity contribution is 0.0958. The normalized spacial score (nSPS) is 10.9. The molecular formula is C13H14N4O3S. The summed E-state index contributed by atoms with van der Waals surface area (Å²) in [5.74, 6) is -0.251. The predicted octanol–water partition coefficient (Wildman–Crippen LogP) is 1.13. The molecule has 0 saturated carbocycles. The molecule has 0 unspecified atom stereocenters. The maximum Gasteiger partial charge on any atom is 0.265 e. The largest absolute Gasteiger partial charge is 0.349 e. The lowest BCUT2D eigenvalue weighted by Gasteiger charge is -2.07. The number of anilines is 1. The van der Waals surface area contributed by atoms with Crippen molar-refractivity contribution in [3.05, 3.63) is 54.9 Å². The molecule has 1 amide bonds. The van der Waals surface area contributed by atoms with E-state index < -0.39 is 10.0 Å². The number of hydrogen-bond acceptors (Lipinski definition) is 4. The van der Waals surface area contributed by atoms with E-state index in [4.69, 9.17) is 0 Å². The molecule has 1 aromatic carbocycles. The molecule has 0 radical (unpaired) electrons. The van der Waals surface area contributed by atoms with Crippen LogP contribution in [0.25, 0.3) is 0 Å². The van der Waals surface area contributed by atoms with E-state index in [0.29, 0.717) is 17.8 Å². The number of amides is 1. The first kappa shape index (κ1) is 14.8. The van der Waals surface area contributed by atoms with Gasteiger partial charge in [-0.3, -0.25) is 14.6 Å². The highest BCUT2D eigenvalue weighted by molar-refractivity contribution is 7.92. The molecule has 8 heteroatoms. The molecule has 2 aromatic rings. The third-order valence-electron chi connectivity index (χ3n) is 2.59. The highest BCUT2D eigenvalue weighted by Gasteiger charge is 2.15. The van der Waals surface area contributed by atoms with Gasteiger partial charge in [0.15, 0.2) is 0 Å². The third kappa shape index (κ3) is 3.69. The first-order chi connectivity index (χ1) is 10.0. The molecule has 110 valence electrons. The van der Waals surface area contributed by atoms with E-state index >= 15 is 0 Å². The molecule has 1 heterocycles. The average molecular weight is 306 g/mol. The first-order valence-electron chi connectivity index (χ1n) is 6.03. The number of nitrogens with one attached hydrogen (secondary N) is 3. The number of sulfonamides is 1. The van der Waals surface area contributed by atoms with Gasteiger partial charge in [-0.25, -0.2) is 8.42 Å². The molecular weight excluding hydrogens is 292 g/mol. The Bertz CT molecular complexity index is 721. The Kier molecular flexibility index (Phi) is 4.39. The van der Waals surface area contributed by atoms with E-state index in [9.17, 15) is 13.2 Å². The molecule has 0 atom stereocenters. The van der Waals surface area contributed by atoms with E-state index in [2.05, 4.69) is 26.8 Å². The molecule has 3 N–H and O–H groups in total. The van der Waals surface area contributed by atoms with E-state index in [1.807, 2.05) is 0 Å². The molecule has 1 aromatic heterocycles. The number of hydrogen-bond donors (Lipinski definition) is 3. The van der Waals surface area contributed by atoms with Crippen LogP contribution >= 0.6 is 0 Å². The van der Waals surface area contributed by atoms with E-state index in [1.54, 1.807) is 6.08 Å². The summed E-state index contributed by atoms with van der Waals surface area (Å²) < 4.78 is 26.3. The molecule has 21 heavy (non-hydrogen) atoms. The second-order valence-electron chi connectivity index (χ2n) is 4.12. The molecule has 7 nitrogen and oxygen atoms in total. The average Bonchev–Trinajstić information content (AvgIpc) is 3.00. The van der Waals surface area contributed by atoms with Crippen molar-refractivity contribution in [3.63, 3.8) is 0 Å². The fourth-order valence-electron chi connectivity index (χ4n) is 1.56. The number of carbonyl (C=O) groups excluding carboxylic acids is 1. The van der Waals surface area contributed by atoms with Crippen molar-refractivity contribution in [1.29, 1.82) is 0 Å². The Morgan fingerprint density at radius 1 is 1.33 bits per heavy atom. The molecule has 0 aliphatic heterocycles. The molecule has 0 fully saturated rings. The van der Waals surface area contributed by atoms with Crippen molar-refractivity contribution >= 4 is 21.6 Å². The van der Waals surface area contributed by atoms with Gasteiger partial charge >= 0.3 is 0 Å². The molecule has 2 rings (SSSR count). The molecule has 0 bridgehead atoms. The molecule has 0 saturated heterocycles. The van der Waals surface area contributed by atoms with Gasteiger partial charge in [0.05, 0.1) is 6.20 Å². The second-order valence-corrected chi connectivity index (χ2v) is 5.80. The van der Waals surface area contributed by atoms with Gasteiger partial charge in [-0.05, 0) is 24.3 Å². The number of H-pyrrole nitrogens is 1. The number of nitrogens with zero attached hydrogens (tertiary/aromatic N) is 1. The summed E-state index contributed by atoms with van der Waals surface area (Å²) in [4.78, 5) is 11.7. The Morgan fingerprint density at radius 3 is 2.62 bits per heavy atom. The van der Waals surface area contributed by atoms with Gasteiger partial charge < -0.3 is 5.32 Å². The lowest BCUT2D eigenvalue weighted by Crippen LogP contribution is -2.23. The number of aromatic nitrogens is 2. The smallest absolute Gasteiger partial charge is 0.265 e. The SMILES string of the molecule is C=CCNC(=O)c1ccc(NS(=O)(=O)c2cn[nH]c2)cc1. The van der Waals surface area contributed by atoms with Crippen molar-refractivity contribution in [2.24, 2.45) is 0 Å². The number of carbonyl (C=O) groups is 1. The van der Waals surface area contributed by atoms with Gasteiger partial charge in [0.2, 0.25) is 0 Å². The van der Waals surface area contributed by atoms with Crippen LogP contribution in [0.2, 0.25) is 0 Å². The van der Waals surface area contributed by atoms with Crippen molar-refractivity contribution in [3.8, 4) is 0 Å². The van der Waals surface area contributed by atoms with Crippen LogP contribution in [0.1, 0.15) is 10.4 Å². The van der Waals surface area contributed by atoms with E-state index in [1.165, 1.54) is 36.7 Å². The van der Waals surface area contributed by atoms with Crippen LogP contribution in [0.5, 0.6) is 0 Å². The van der Waals surface area contributed by atoms with Crippen LogP contribution in [0, 0.1) is 0 Å². The maximum absolute atomic E-state index is 12.0. The van der Waals surface area contributed by atoms with Gasteiger partial charge in [-0.15, -0.1) is 6.58 Å². The molecule has 0 aliphatic carbocycles. The van der Waals surface area contributed by atoms with Crippen LogP contribution in [0.15, 0.2) is 54.2 Å². The van der Waals surface area contributed by atoms with Gasteiger partial charge in [-0.2, -0.15) is 5.10 Å². The summed E-state index contributed by atoms with van der Waals surface area (Å²) in [6.45, 7) is 3.87. The minimum Gasteiger partial charge on any atom is -0.349 e. The van der Waals surface area contributed by atoms with Gasteiger partial charge in [0.1, 0.15) is 4.90 Å². The zero-order valence-corrected chi connectivity index (χ0v) is 11.9. The second kappa shape index (κ2) is 6.23. The quantitative estimate of drug-likeness (QED) is 0.696. The topological polar surface area (TPSA) is 104 Å². The standard InChI is InChI=1S/C13H14N4O3S/c1-2-7-14-13(18)10-3-5-11(6-4-10)17-21(19,20)12-8-15-16-9-12/h2-6,8-9,17H,1,7H2,(H,14,18)(H,15,16). The number of aromatic amines is 1. The van der Waals surface area contributed by atoms with Crippen molar-refractivity contribution in [1.82, 2.24) is 15.5 Å². The van der Waals surface area contributed by atoms with Crippen LogP contribution in [-0.2, 0) is 10.0 Å². The summed E-state index contributed by atoms with van der Waals surface area (Å²) >= 11 is 0. The van der Waals surface area contributed by atoms with Crippen LogP contribution < -0.4 is 10.0 Å². The Balaban J connectivity index is 2.09. The zero-order chi connectivity index (χ0) is 15.3. The minimum absolute atomic E-state index is 0.0373. The highest BCUT2D eigenvalue weighted by Crippen LogP contribution is 2.15. The fourth-order valence-corrected chi connectivity index (χ4v) is 2.52. The van der Waals surface area contributed by atoms with Gasteiger partial charge in [0, 0.05) is 24.0 Å². The number of benzene rings is 1. The zero-order valence-electron chi connectivity index (χ0n) is 11.0. The lowest BCUT2D eigenvalue weighted by atomic mass is 10.2. The molecule has 0 spiro atoms. The first-order valence-corrected chi connectivity index (χ1v) is 7.52. The summed E-state index contributed by atoms with van der Waals surface area (Å²) in [6, 6.07) is 6.10. The number of rotatable bonds is 6. The van der Waals surface area contributed by atoms with Gasteiger partial charge in [-0.1, -0.05) is 6.08 Å². The molecule has 0 aliphatic rings. The summed E-state index contributed by atoms with van der Waals surface area (Å²) in [7, 11) is -3.67. The Hall–Kier alpha value is -2.61. The van der Waals surface area contributed by atoms with Crippen LogP contribution in [0.4, 0.5) is 5.69 Å². The van der Waals surface area contributed by atoms with E-state index in [0.717, 1.165) is 0 Å². The summed E-state index contributed by atoms with van der Waals surface area (Å²) in [5.41, 5.74) is 0.791. The van der Waals surface area contributed by atoms with Gasteiger partial charge in [0.25, 0.3) is 15.9 Å². The van der Waals surface area contributed by atoms with Crippen molar-refractivity contribution < 1.29 is 13.2 Å². The summed E-state index contributed by atoms with van der Waals surface area (Å²) in [5, 5.41) is 8.66.